The standard InChI is InChI=1S/C16H23NO3S/c1-6-13(18)11-8-7-9-12(10-11)21(19,20)17-14-15(2,3)16(14,4)5/h7-10,14,17H,6H2,1-5H3. The molecule has 0 heterocycles. The van der Waals surface area contributed by atoms with Crippen molar-refractivity contribution in [1.29, 1.82) is 0 Å². The number of carbonyl (C=O) groups is 1. The van der Waals surface area contributed by atoms with Crippen LogP contribution in [0, 0.1) is 10.8 Å². The Kier molecular flexibility index (Phi) is 3.79. The lowest BCUT2D eigenvalue weighted by atomic mass is 10.0. The van der Waals surface area contributed by atoms with Gasteiger partial charge in [0.05, 0.1) is 4.90 Å². The number of hydrogen-bond donors (Lipinski definition) is 1. The Morgan fingerprint density at radius 3 is 2.24 bits per heavy atom. The van der Waals surface area contributed by atoms with Gasteiger partial charge in [-0.15, -0.1) is 0 Å². The number of hydrogen-bond acceptors (Lipinski definition) is 3. The zero-order valence-corrected chi connectivity index (χ0v) is 14.0. The molecule has 1 aliphatic rings. The van der Waals surface area contributed by atoms with Crippen molar-refractivity contribution in [3.8, 4) is 0 Å². The van der Waals surface area contributed by atoms with Crippen LogP contribution < -0.4 is 4.72 Å². The smallest absolute Gasteiger partial charge is 0.240 e. The maximum Gasteiger partial charge on any atom is 0.240 e. The van der Waals surface area contributed by atoms with Gasteiger partial charge in [-0.1, -0.05) is 46.8 Å². The summed E-state index contributed by atoms with van der Waals surface area (Å²) < 4.78 is 27.8. The monoisotopic (exact) mass is 309 g/mol. The van der Waals surface area contributed by atoms with E-state index in [4.69, 9.17) is 0 Å². The van der Waals surface area contributed by atoms with E-state index >= 15 is 0 Å². The minimum Gasteiger partial charge on any atom is -0.294 e. The van der Waals surface area contributed by atoms with Crippen molar-refractivity contribution in [2.45, 2.75) is 52.0 Å². The van der Waals surface area contributed by atoms with Crippen LogP contribution >= 0.6 is 0 Å². The second-order valence-electron chi connectivity index (χ2n) is 6.80. The molecule has 0 spiro atoms. The summed E-state index contributed by atoms with van der Waals surface area (Å²) >= 11 is 0. The number of nitrogens with one attached hydrogen (secondary N) is 1. The van der Waals surface area contributed by atoms with E-state index in [0.717, 1.165) is 0 Å². The Morgan fingerprint density at radius 2 is 1.76 bits per heavy atom. The van der Waals surface area contributed by atoms with Crippen molar-refractivity contribution >= 4 is 15.8 Å². The van der Waals surface area contributed by atoms with E-state index < -0.39 is 10.0 Å². The molecule has 0 aliphatic heterocycles. The van der Waals surface area contributed by atoms with Gasteiger partial charge in [-0.25, -0.2) is 13.1 Å². The van der Waals surface area contributed by atoms with Gasteiger partial charge in [0.25, 0.3) is 0 Å². The number of Topliss-reactive ketones (excluding diaryl/α,β-unsaturated/α-hetero) is 1. The first-order valence-corrected chi connectivity index (χ1v) is 8.68. The summed E-state index contributed by atoms with van der Waals surface area (Å²) in [5.74, 6) is -0.0564. The highest BCUT2D eigenvalue weighted by molar-refractivity contribution is 7.89. The van der Waals surface area contributed by atoms with Crippen molar-refractivity contribution in [2.75, 3.05) is 0 Å². The predicted molar refractivity (Wildman–Crippen MR) is 82.7 cm³/mol. The third-order valence-corrected chi connectivity index (χ3v) is 6.50. The Morgan fingerprint density at radius 1 is 1.19 bits per heavy atom. The van der Waals surface area contributed by atoms with Crippen LogP contribution in [0.2, 0.25) is 0 Å². The van der Waals surface area contributed by atoms with E-state index in [2.05, 4.69) is 32.4 Å². The van der Waals surface area contributed by atoms with E-state index in [-0.39, 0.29) is 27.6 Å². The molecule has 1 saturated carbocycles. The number of rotatable bonds is 5. The Labute approximate surface area is 127 Å². The molecule has 1 fully saturated rings. The van der Waals surface area contributed by atoms with Crippen molar-refractivity contribution in [1.82, 2.24) is 4.72 Å². The minimum atomic E-state index is -3.61. The first-order valence-electron chi connectivity index (χ1n) is 7.19. The van der Waals surface area contributed by atoms with Crippen LogP contribution in [0.1, 0.15) is 51.4 Å². The summed E-state index contributed by atoms with van der Waals surface area (Å²) in [6.07, 6.45) is 0.361. The summed E-state index contributed by atoms with van der Waals surface area (Å²) in [4.78, 5) is 11.9. The summed E-state index contributed by atoms with van der Waals surface area (Å²) in [6.45, 7) is 9.97. The zero-order chi connectivity index (χ0) is 16.1. The summed E-state index contributed by atoms with van der Waals surface area (Å²) in [5.41, 5.74) is 0.295. The van der Waals surface area contributed by atoms with Crippen LogP contribution in [-0.4, -0.2) is 20.2 Å². The molecule has 0 aromatic heterocycles. The molecular formula is C16H23NO3S. The lowest BCUT2D eigenvalue weighted by Gasteiger charge is -2.09. The number of sulfonamides is 1. The first-order chi connectivity index (χ1) is 9.54. The molecule has 0 radical (unpaired) electrons. The first kappa shape index (κ1) is 16.2. The summed E-state index contributed by atoms with van der Waals surface area (Å²) in [5, 5.41) is 0. The normalized spacial score (nSPS) is 20.2. The van der Waals surface area contributed by atoms with Crippen LogP contribution in [0.4, 0.5) is 0 Å². The summed E-state index contributed by atoms with van der Waals surface area (Å²) in [6, 6.07) is 6.14. The molecule has 0 unspecified atom stereocenters. The van der Waals surface area contributed by atoms with Crippen molar-refractivity contribution in [2.24, 2.45) is 10.8 Å². The molecule has 0 amide bonds. The largest absolute Gasteiger partial charge is 0.294 e. The fraction of sp³-hybridized carbons (Fsp3) is 0.562. The third kappa shape index (κ3) is 2.64. The van der Waals surface area contributed by atoms with Gasteiger partial charge in [-0.2, -0.15) is 0 Å². The second-order valence-corrected chi connectivity index (χ2v) is 8.52. The van der Waals surface area contributed by atoms with Gasteiger partial charge in [-0.3, -0.25) is 4.79 Å². The van der Waals surface area contributed by atoms with Crippen LogP contribution in [0.15, 0.2) is 29.2 Å². The molecule has 1 aromatic carbocycles. The van der Waals surface area contributed by atoms with Crippen molar-refractivity contribution in [3.05, 3.63) is 29.8 Å². The quantitative estimate of drug-likeness (QED) is 0.850. The molecule has 5 heteroatoms. The highest BCUT2D eigenvalue weighted by Crippen LogP contribution is 2.62. The molecule has 0 bridgehead atoms. The lowest BCUT2D eigenvalue weighted by Crippen LogP contribution is -2.30. The second kappa shape index (κ2) is 4.92. The SMILES string of the molecule is CCC(=O)c1cccc(S(=O)(=O)NC2C(C)(C)C2(C)C)c1. The molecule has 2 rings (SSSR count). The minimum absolute atomic E-state index is 0.0564. The van der Waals surface area contributed by atoms with E-state index in [0.29, 0.717) is 12.0 Å². The Bertz CT molecular complexity index is 661. The molecule has 4 nitrogen and oxygen atoms in total. The molecule has 1 aliphatic carbocycles. The van der Waals surface area contributed by atoms with E-state index in [1.807, 2.05) is 0 Å². The molecule has 21 heavy (non-hydrogen) atoms. The third-order valence-electron chi connectivity index (χ3n) is 5.08. The van der Waals surface area contributed by atoms with Gasteiger partial charge in [0, 0.05) is 18.0 Å². The van der Waals surface area contributed by atoms with E-state index in [9.17, 15) is 13.2 Å². The molecule has 0 saturated heterocycles. The lowest BCUT2D eigenvalue weighted by molar-refractivity contribution is 0.0988. The molecule has 116 valence electrons. The summed E-state index contributed by atoms with van der Waals surface area (Å²) in [7, 11) is -3.61. The molecular weight excluding hydrogens is 286 g/mol. The van der Waals surface area contributed by atoms with Gasteiger partial charge in [-0.05, 0) is 23.0 Å². The average molecular weight is 309 g/mol. The van der Waals surface area contributed by atoms with E-state index in [1.165, 1.54) is 12.1 Å². The zero-order valence-electron chi connectivity index (χ0n) is 13.2. The van der Waals surface area contributed by atoms with E-state index in [1.54, 1.807) is 19.1 Å². The van der Waals surface area contributed by atoms with Crippen LogP contribution in [0.3, 0.4) is 0 Å². The highest BCUT2D eigenvalue weighted by Gasteiger charge is 2.66. The van der Waals surface area contributed by atoms with Crippen molar-refractivity contribution < 1.29 is 13.2 Å². The topological polar surface area (TPSA) is 63.2 Å². The average Bonchev–Trinajstić information content (AvgIpc) is 2.80. The van der Waals surface area contributed by atoms with Gasteiger partial charge < -0.3 is 0 Å². The predicted octanol–water partition coefficient (Wildman–Crippen LogP) is 2.99. The molecule has 1 N–H and O–H groups in total. The van der Waals surface area contributed by atoms with Gasteiger partial charge >= 0.3 is 0 Å². The number of benzene rings is 1. The van der Waals surface area contributed by atoms with Gasteiger partial charge in [0.1, 0.15) is 0 Å². The molecule has 0 atom stereocenters. The Hall–Kier alpha value is -1.20. The fourth-order valence-corrected chi connectivity index (χ4v) is 4.33. The van der Waals surface area contributed by atoms with Crippen molar-refractivity contribution in [3.63, 3.8) is 0 Å². The van der Waals surface area contributed by atoms with Crippen LogP contribution in [0.5, 0.6) is 0 Å². The van der Waals surface area contributed by atoms with Gasteiger partial charge in [0.15, 0.2) is 5.78 Å². The van der Waals surface area contributed by atoms with Crippen LogP contribution in [-0.2, 0) is 10.0 Å². The van der Waals surface area contributed by atoms with Gasteiger partial charge in [0.2, 0.25) is 10.0 Å². The van der Waals surface area contributed by atoms with Crippen LogP contribution in [0.25, 0.3) is 0 Å². The molecule has 1 aromatic rings. The maximum atomic E-state index is 12.5. The number of carbonyl (C=O) groups excluding carboxylic acids is 1. The maximum absolute atomic E-state index is 12.5. The number of ketones is 1. The highest BCUT2D eigenvalue weighted by atomic mass is 32.2. The Balaban J connectivity index is 2.28. The fourth-order valence-electron chi connectivity index (χ4n) is 2.76.